The van der Waals surface area contributed by atoms with Crippen LogP contribution in [0.2, 0.25) is 5.02 Å². The van der Waals surface area contributed by atoms with Crippen LogP contribution in [0.1, 0.15) is 5.56 Å². The Balaban J connectivity index is 2.25. The van der Waals surface area contributed by atoms with Crippen molar-refractivity contribution < 1.29 is 27.0 Å². The summed E-state index contributed by atoms with van der Waals surface area (Å²) >= 11 is 6.63. The van der Waals surface area contributed by atoms with Gasteiger partial charge in [0, 0.05) is 35.9 Å². The Bertz CT molecular complexity index is 1480. The maximum Gasteiger partial charge on any atom is 0.185 e. The van der Waals surface area contributed by atoms with E-state index in [-0.39, 0.29) is 33.4 Å². The number of ether oxygens (including phenoxy) is 2. The third-order valence-corrected chi connectivity index (χ3v) is 5.91. The number of nitrogens with zero attached hydrogens (tertiary/aromatic N) is 1. The van der Waals surface area contributed by atoms with Crippen molar-refractivity contribution in [1.29, 1.82) is 0 Å². The molecule has 35 heavy (non-hydrogen) atoms. The molecule has 0 radical (unpaired) electrons. The SMILES string of the molecule is COc1cc(OC)c(Cl)c(-n2c(-c3ccc(F)cc3)cc(=O)c(C)c2-c2c(F)cc(F)cc2F)c1. The van der Waals surface area contributed by atoms with E-state index in [0.717, 1.165) is 0 Å². The molecule has 4 aromatic rings. The van der Waals surface area contributed by atoms with Gasteiger partial charge < -0.3 is 14.0 Å². The molecule has 4 nitrogen and oxygen atoms in total. The Morgan fingerprint density at radius 2 is 1.46 bits per heavy atom. The average molecular weight is 504 g/mol. The van der Waals surface area contributed by atoms with Gasteiger partial charge in [-0.15, -0.1) is 0 Å². The van der Waals surface area contributed by atoms with Crippen LogP contribution in [0.15, 0.2) is 59.4 Å². The molecule has 0 saturated heterocycles. The second kappa shape index (κ2) is 9.46. The minimum atomic E-state index is -1.22. The van der Waals surface area contributed by atoms with E-state index in [1.807, 2.05) is 0 Å². The van der Waals surface area contributed by atoms with Crippen LogP contribution >= 0.6 is 11.6 Å². The number of benzene rings is 3. The molecule has 0 unspecified atom stereocenters. The molecule has 180 valence electrons. The molecule has 0 spiro atoms. The first kappa shape index (κ1) is 24.3. The molecule has 1 heterocycles. The molecule has 0 fully saturated rings. The number of halogens is 5. The number of hydrogen-bond acceptors (Lipinski definition) is 3. The topological polar surface area (TPSA) is 40.5 Å². The lowest BCUT2D eigenvalue weighted by Gasteiger charge is -2.24. The molecular weight excluding hydrogens is 486 g/mol. The fraction of sp³-hybridized carbons (Fsp3) is 0.115. The Labute approximate surface area is 202 Å². The fourth-order valence-electron chi connectivity index (χ4n) is 3.84. The van der Waals surface area contributed by atoms with Gasteiger partial charge in [-0.1, -0.05) is 11.6 Å². The molecule has 0 atom stereocenters. The van der Waals surface area contributed by atoms with Crippen LogP contribution in [-0.4, -0.2) is 18.8 Å². The first-order valence-electron chi connectivity index (χ1n) is 10.3. The highest BCUT2D eigenvalue weighted by Crippen LogP contribution is 2.41. The molecule has 3 aromatic carbocycles. The number of rotatable bonds is 5. The van der Waals surface area contributed by atoms with Gasteiger partial charge in [0.2, 0.25) is 0 Å². The molecule has 0 N–H and O–H groups in total. The minimum absolute atomic E-state index is 0.0295. The van der Waals surface area contributed by atoms with Gasteiger partial charge in [0.1, 0.15) is 39.8 Å². The summed E-state index contributed by atoms with van der Waals surface area (Å²) in [7, 11) is 2.78. The normalized spacial score (nSPS) is 11.0. The summed E-state index contributed by atoms with van der Waals surface area (Å²) in [6.45, 7) is 1.39. The number of pyridine rings is 1. The summed E-state index contributed by atoms with van der Waals surface area (Å²) in [6.07, 6.45) is 0. The zero-order chi connectivity index (χ0) is 25.4. The van der Waals surface area contributed by atoms with Crippen molar-refractivity contribution in [3.05, 3.63) is 98.7 Å². The van der Waals surface area contributed by atoms with Crippen molar-refractivity contribution >= 4 is 11.6 Å². The monoisotopic (exact) mass is 503 g/mol. The van der Waals surface area contributed by atoms with Crippen LogP contribution in [-0.2, 0) is 0 Å². The van der Waals surface area contributed by atoms with Crippen LogP contribution < -0.4 is 14.9 Å². The second-order valence-electron chi connectivity index (χ2n) is 7.62. The largest absolute Gasteiger partial charge is 0.497 e. The van der Waals surface area contributed by atoms with Crippen LogP contribution in [0.4, 0.5) is 17.6 Å². The third-order valence-electron chi connectivity index (χ3n) is 5.53. The van der Waals surface area contributed by atoms with E-state index in [0.29, 0.717) is 23.4 Å². The minimum Gasteiger partial charge on any atom is -0.497 e. The fourth-order valence-corrected chi connectivity index (χ4v) is 4.11. The van der Waals surface area contributed by atoms with Crippen molar-refractivity contribution in [3.8, 4) is 39.7 Å². The van der Waals surface area contributed by atoms with Gasteiger partial charge in [-0.3, -0.25) is 4.79 Å². The van der Waals surface area contributed by atoms with Gasteiger partial charge in [0.05, 0.1) is 36.9 Å². The lowest BCUT2D eigenvalue weighted by Crippen LogP contribution is -2.17. The first-order chi connectivity index (χ1) is 16.7. The smallest absolute Gasteiger partial charge is 0.185 e. The zero-order valence-electron chi connectivity index (χ0n) is 18.8. The van der Waals surface area contributed by atoms with Crippen LogP contribution in [0.3, 0.4) is 0 Å². The van der Waals surface area contributed by atoms with E-state index in [1.54, 1.807) is 0 Å². The van der Waals surface area contributed by atoms with Crippen molar-refractivity contribution in [2.75, 3.05) is 14.2 Å². The van der Waals surface area contributed by atoms with Crippen molar-refractivity contribution in [3.63, 3.8) is 0 Å². The molecule has 0 amide bonds. The predicted molar refractivity (Wildman–Crippen MR) is 126 cm³/mol. The Morgan fingerprint density at radius 3 is 2.03 bits per heavy atom. The standard InChI is InChI=1S/C26H18ClF4NO3/c1-13-22(33)12-20(14-4-6-15(28)7-5-14)32(21-10-17(34-2)11-23(35-3)25(21)27)26(13)24-18(30)8-16(29)9-19(24)31/h4-12H,1-3H3. The molecule has 9 heteroatoms. The highest BCUT2D eigenvalue weighted by molar-refractivity contribution is 6.34. The third kappa shape index (κ3) is 4.37. The van der Waals surface area contributed by atoms with Gasteiger partial charge in [-0.2, -0.15) is 0 Å². The van der Waals surface area contributed by atoms with Gasteiger partial charge >= 0.3 is 0 Å². The lowest BCUT2D eigenvalue weighted by atomic mass is 10.00. The Morgan fingerprint density at radius 1 is 0.829 bits per heavy atom. The van der Waals surface area contributed by atoms with Gasteiger partial charge in [-0.25, -0.2) is 17.6 Å². The number of methoxy groups -OCH3 is 2. The predicted octanol–water partition coefficient (Wildman–Crippen LogP) is 6.71. The van der Waals surface area contributed by atoms with Gasteiger partial charge in [0.25, 0.3) is 0 Å². The summed E-state index contributed by atoms with van der Waals surface area (Å²) in [5.74, 6) is -3.60. The van der Waals surface area contributed by atoms with Crippen LogP contribution in [0.25, 0.3) is 28.2 Å². The maximum absolute atomic E-state index is 15.1. The molecule has 1 aromatic heterocycles. The summed E-state index contributed by atoms with van der Waals surface area (Å²) in [4.78, 5) is 13.0. The maximum atomic E-state index is 15.1. The van der Waals surface area contributed by atoms with E-state index in [1.165, 1.54) is 68.2 Å². The molecule has 0 bridgehead atoms. The van der Waals surface area contributed by atoms with Crippen molar-refractivity contribution in [2.45, 2.75) is 6.92 Å². The first-order valence-corrected chi connectivity index (χ1v) is 10.6. The molecule has 4 rings (SSSR count). The second-order valence-corrected chi connectivity index (χ2v) is 7.99. The van der Waals surface area contributed by atoms with E-state index in [4.69, 9.17) is 21.1 Å². The quantitative estimate of drug-likeness (QED) is 0.284. The highest BCUT2D eigenvalue weighted by atomic mass is 35.5. The summed E-state index contributed by atoms with van der Waals surface area (Å²) in [5, 5.41) is 0.0453. The summed E-state index contributed by atoms with van der Waals surface area (Å²) in [5.41, 5.74) is -0.764. The van der Waals surface area contributed by atoms with Crippen LogP contribution in [0, 0.1) is 30.2 Å². The van der Waals surface area contributed by atoms with Crippen molar-refractivity contribution in [2.24, 2.45) is 0 Å². The molecule has 0 aliphatic rings. The van der Waals surface area contributed by atoms with E-state index in [9.17, 15) is 13.6 Å². The average Bonchev–Trinajstić information content (AvgIpc) is 2.82. The van der Waals surface area contributed by atoms with Gasteiger partial charge in [-0.05, 0) is 36.8 Å². The van der Waals surface area contributed by atoms with Gasteiger partial charge in [0.15, 0.2) is 5.43 Å². The molecule has 0 saturated carbocycles. The number of aromatic nitrogens is 1. The summed E-state index contributed by atoms with van der Waals surface area (Å²) < 4.78 is 69.5. The zero-order valence-corrected chi connectivity index (χ0v) is 19.5. The summed E-state index contributed by atoms with van der Waals surface area (Å²) in [6, 6.07) is 10.4. The van der Waals surface area contributed by atoms with Crippen molar-refractivity contribution in [1.82, 2.24) is 4.57 Å². The van der Waals surface area contributed by atoms with Crippen LogP contribution in [0.5, 0.6) is 11.5 Å². The highest BCUT2D eigenvalue weighted by Gasteiger charge is 2.26. The lowest BCUT2D eigenvalue weighted by molar-refractivity contribution is 0.394. The van der Waals surface area contributed by atoms with E-state index < -0.39 is 34.3 Å². The number of hydrogen-bond donors (Lipinski definition) is 0. The van der Waals surface area contributed by atoms with E-state index in [2.05, 4.69) is 0 Å². The van der Waals surface area contributed by atoms with E-state index >= 15 is 8.78 Å². The molecular formula is C26H18ClF4NO3. The Hall–Kier alpha value is -3.78. The Kier molecular flexibility index (Phi) is 6.58. The molecule has 0 aliphatic heterocycles. The molecule has 0 aliphatic carbocycles.